The Bertz CT molecular complexity index is 562. The molecule has 1 atom stereocenters. The topological polar surface area (TPSA) is 32.3 Å². The van der Waals surface area contributed by atoms with Crippen LogP contribution in [0.15, 0.2) is 48.5 Å². The maximum Gasteiger partial charge on any atom is 0.0828 e. The second-order valence-electron chi connectivity index (χ2n) is 5.48. The first-order valence-electron chi connectivity index (χ1n) is 7.13. The molecule has 2 aromatic rings. The van der Waals surface area contributed by atoms with Crippen LogP contribution in [-0.2, 0) is 12.0 Å². The van der Waals surface area contributed by atoms with Crippen LogP contribution >= 0.6 is 0 Å². The van der Waals surface area contributed by atoms with E-state index in [1.807, 2.05) is 25.1 Å². The zero-order chi connectivity index (χ0) is 14.6. The highest BCUT2D eigenvalue weighted by Gasteiger charge is 2.25. The monoisotopic (exact) mass is 269 g/mol. The lowest BCUT2D eigenvalue weighted by Crippen LogP contribution is -2.36. The molecule has 0 saturated carbocycles. The van der Waals surface area contributed by atoms with Gasteiger partial charge >= 0.3 is 0 Å². The Morgan fingerprint density at radius 3 is 2.25 bits per heavy atom. The first kappa shape index (κ1) is 14.6. The highest BCUT2D eigenvalue weighted by molar-refractivity contribution is 5.53. The van der Waals surface area contributed by atoms with Gasteiger partial charge in [-0.1, -0.05) is 49.4 Å². The van der Waals surface area contributed by atoms with Gasteiger partial charge in [0.1, 0.15) is 0 Å². The van der Waals surface area contributed by atoms with Gasteiger partial charge in [0.25, 0.3) is 0 Å². The normalized spacial score (nSPS) is 13.8. The average molecular weight is 269 g/mol. The number of nitrogens with one attached hydrogen (secondary N) is 1. The SMILES string of the molecule is CCc1ccc(C(C)(CO)Nc2ccccc2C)cc1. The third kappa shape index (κ3) is 3.02. The summed E-state index contributed by atoms with van der Waals surface area (Å²) in [5.74, 6) is 0. The number of aliphatic hydroxyl groups is 1. The van der Waals surface area contributed by atoms with Crippen LogP contribution in [0.3, 0.4) is 0 Å². The van der Waals surface area contributed by atoms with E-state index in [-0.39, 0.29) is 6.61 Å². The molecule has 20 heavy (non-hydrogen) atoms. The van der Waals surface area contributed by atoms with Crippen LogP contribution < -0.4 is 5.32 Å². The summed E-state index contributed by atoms with van der Waals surface area (Å²) in [5.41, 5.74) is 4.17. The second kappa shape index (κ2) is 6.10. The van der Waals surface area contributed by atoms with Crippen LogP contribution in [0.2, 0.25) is 0 Å². The Kier molecular flexibility index (Phi) is 4.46. The molecule has 2 nitrogen and oxygen atoms in total. The van der Waals surface area contributed by atoms with E-state index in [2.05, 4.69) is 49.5 Å². The largest absolute Gasteiger partial charge is 0.394 e. The summed E-state index contributed by atoms with van der Waals surface area (Å²) in [6.45, 7) is 6.29. The molecule has 2 rings (SSSR count). The summed E-state index contributed by atoms with van der Waals surface area (Å²) in [4.78, 5) is 0. The van der Waals surface area contributed by atoms with Gasteiger partial charge in [0, 0.05) is 5.69 Å². The minimum absolute atomic E-state index is 0.0484. The molecule has 0 saturated heterocycles. The molecule has 0 bridgehead atoms. The first-order chi connectivity index (χ1) is 9.59. The number of aryl methyl sites for hydroxylation is 2. The van der Waals surface area contributed by atoms with E-state index < -0.39 is 5.54 Å². The van der Waals surface area contributed by atoms with Crippen molar-refractivity contribution in [3.05, 3.63) is 65.2 Å². The van der Waals surface area contributed by atoms with E-state index in [9.17, 15) is 5.11 Å². The Balaban J connectivity index is 2.30. The second-order valence-corrected chi connectivity index (χ2v) is 5.48. The summed E-state index contributed by atoms with van der Waals surface area (Å²) in [6, 6.07) is 16.6. The van der Waals surface area contributed by atoms with Gasteiger partial charge in [-0.2, -0.15) is 0 Å². The molecule has 106 valence electrons. The number of benzene rings is 2. The van der Waals surface area contributed by atoms with Gasteiger partial charge in [0.15, 0.2) is 0 Å². The smallest absolute Gasteiger partial charge is 0.0828 e. The van der Waals surface area contributed by atoms with Gasteiger partial charge in [0.2, 0.25) is 0 Å². The van der Waals surface area contributed by atoms with Crippen LogP contribution in [0.1, 0.15) is 30.5 Å². The third-order valence-electron chi connectivity index (χ3n) is 3.87. The van der Waals surface area contributed by atoms with Crippen LogP contribution in [0.4, 0.5) is 5.69 Å². The Morgan fingerprint density at radius 2 is 1.70 bits per heavy atom. The van der Waals surface area contributed by atoms with Crippen molar-refractivity contribution in [1.82, 2.24) is 0 Å². The highest BCUT2D eigenvalue weighted by Crippen LogP contribution is 2.27. The molecule has 2 aromatic carbocycles. The van der Waals surface area contributed by atoms with Crippen molar-refractivity contribution in [1.29, 1.82) is 0 Å². The lowest BCUT2D eigenvalue weighted by Gasteiger charge is -2.31. The lowest BCUT2D eigenvalue weighted by atomic mass is 9.91. The van der Waals surface area contributed by atoms with Gasteiger partial charge in [-0.05, 0) is 43.0 Å². The number of anilines is 1. The molecule has 0 aliphatic heterocycles. The van der Waals surface area contributed by atoms with Crippen LogP contribution in [0.25, 0.3) is 0 Å². The maximum absolute atomic E-state index is 9.85. The Morgan fingerprint density at radius 1 is 1.05 bits per heavy atom. The number of rotatable bonds is 5. The number of hydrogen-bond acceptors (Lipinski definition) is 2. The van der Waals surface area contributed by atoms with Crippen LogP contribution in [0, 0.1) is 6.92 Å². The maximum atomic E-state index is 9.85. The molecular formula is C18H23NO. The van der Waals surface area contributed by atoms with Gasteiger partial charge in [0.05, 0.1) is 12.1 Å². The number of hydrogen-bond donors (Lipinski definition) is 2. The fraction of sp³-hybridized carbons (Fsp3) is 0.333. The molecule has 1 unspecified atom stereocenters. The molecule has 0 spiro atoms. The van der Waals surface area contributed by atoms with Crippen molar-refractivity contribution in [3.63, 3.8) is 0 Å². The summed E-state index contributed by atoms with van der Waals surface area (Å²) >= 11 is 0. The van der Waals surface area contributed by atoms with Crippen LogP contribution in [-0.4, -0.2) is 11.7 Å². The van der Waals surface area contributed by atoms with Gasteiger partial charge in [-0.15, -0.1) is 0 Å². The summed E-state index contributed by atoms with van der Waals surface area (Å²) in [5, 5.41) is 13.3. The molecule has 0 fully saturated rings. The van der Waals surface area contributed by atoms with E-state index in [1.165, 1.54) is 11.1 Å². The zero-order valence-corrected chi connectivity index (χ0v) is 12.5. The summed E-state index contributed by atoms with van der Waals surface area (Å²) < 4.78 is 0. The van der Waals surface area contributed by atoms with Gasteiger partial charge in [-0.25, -0.2) is 0 Å². The Labute approximate surface area is 121 Å². The molecule has 0 heterocycles. The minimum Gasteiger partial charge on any atom is -0.394 e. The predicted octanol–water partition coefficient (Wildman–Crippen LogP) is 3.88. The van der Waals surface area contributed by atoms with Crippen molar-refractivity contribution in [2.75, 3.05) is 11.9 Å². The van der Waals surface area contributed by atoms with E-state index >= 15 is 0 Å². The van der Waals surface area contributed by atoms with Gasteiger partial charge in [-0.3, -0.25) is 0 Å². The van der Waals surface area contributed by atoms with Crippen molar-refractivity contribution >= 4 is 5.69 Å². The van der Waals surface area contributed by atoms with E-state index in [4.69, 9.17) is 0 Å². The fourth-order valence-corrected chi connectivity index (χ4v) is 2.32. The zero-order valence-electron chi connectivity index (χ0n) is 12.5. The fourth-order valence-electron chi connectivity index (χ4n) is 2.32. The van der Waals surface area contributed by atoms with Crippen molar-refractivity contribution in [2.24, 2.45) is 0 Å². The summed E-state index contributed by atoms with van der Waals surface area (Å²) in [6.07, 6.45) is 1.03. The number of para-hydroxylation sites is 1. The highest BCUT2D eigenvalue weighted by atomic mass is 16.3. The molecule has 2 N–H and O–H groups in total. The molecule has 0 aliphatic rings. The molecule has 0 aromatic heterocycles. The lowest BCUT2D eigenvalue weighted by molar-refractivity contribution is 0.224. The Hall–Kier alpha value is -1.80. The molecule has 0 aliphatic carbocycles. The quantitative estimate of drug-likeness (QED) is 0.863. The van der Waals surface area contributed by atoms with E-state index in [0.717, 1.165) is 17.7 Å². The first-order valence-corrected chi connectivity index (χ1v) is 7.13. The van der Waals surface area contributed by atoms with Crippen molar-refractivity contribution in [3.8, 4) is 0 Å². The van der Waals surface area contributed by atoms with E-state index in [1.54, 1.807) is 0 Å². The molecule has 2 heteroatoms. The summed E-state index contributed by atoms with van der Waals surface area (Å²) in [7, 11) is 0. The van der Waals surface area contributed by atoms with E-state index in [0.29, 0.717) is 0 Å². The van der Waals surface area contributed by atoms with Crippen molar-refractivity contribution in [2.45, 2.75) is 32.7 Å². The average Bonchev–Trinajstić information content (AvgIpc) is 2.49. The standard InChI is InChI=1S/C18H23NO/c1-4-15-9-11-16(12-10-15)18(3,13-20)19-17-8-6-5-7-14(17)2/h5-12,19-20H,4,13H2,1-3H3. The molecular weight excluding hydrogens is 246 g/mol. The number of aliphatic hydroxyl groups excluding tert-OH is 1. The van der Waals surface area contributed by atoms with Gasteiger partial charge < -0.3 is 10.4 Å². The van der Waals surface area contributed by atoms with Crippen LogP contribution in [0.5, 0.6) is 0 Å². The predicted molar refractivity (Wildman–Crippen MR) is 85.1 cm³/mol. The minimum atomic E-state index is -0.474. The third-order valence-corrected chi connectivity index (χ3v) is 3.87. The van der Waals surface area contributed by atoms with Crippen molar-refractivity contribution < 1.29 is 5.11 Å². The molecule has 0 radical (unpaired) electrons. The molecule has 0 amide bonds.